The van der Waals surface area contributed by atoms with Crippen molar-refractivity contribution < 1.29 is 4.79 Å². The predicted molar refractivity (Wildman–Crippen MR) is 115 cm³/mol. The molecule has 5 rings (SSSR count). The van der Waals surface area contributed by atoms with E-state index in [9.17, 15) is 14.4 Å². The van der Waals surface area contributed by atoms with Gasteiger partial charge in [-0.25, -0.2) is 9.79 Å². The minimum atomic E-state index is -0.582. The van der Waals surface area contributed by atoms with Crippen LogP contribution in [-0.4, -0.2) is 20.6 Å². The molecule has 1 aromatic heterocycles. The van der Waals surface area contributed by atoms with Crippen molar-refractivity contribution in [3.63, 3.8) is 0 Å². The maximum absolute atomic E-state index is 13.5. The van der Waals surface area contributed by atoms with E-state index in [0.29, 0.717) is 22.7 Å². The van der Waals surface area contributed by atoms with Gasteiger partial charge in [-0.3, -0.25) is 18.7 Å². The molecule has 0 bridgehead atoms. The number of carbonyl (C=O) groups excluding carboxylic acids is 1. The number of fused-ring (bicyclic) bond motifs is 4. The van der Waals surface area contributed by atoms with Gasteiger partial charge in [-0.15, -0.1) is 0 Å². The average Bonchev–Trinajstić information content (AvgIpc) is 3.01. The van der Waals surface area contributed by atoms with Gasteiger partial charge in [0.15, 0.2) is 5.78 Å². The number of nitrogens with zero attached hydrogens (tertiary/aromatic N) is 3. The lowest BCUT2D eigenvalue weighted by Gasteiger charge is -2.30. The zero-order chi connectivity index (χ0) is 21.3. The number of aromatic nitrogens is 2. The second-order valence-electron chi connectivity index (χ2n) is 8.23. The molecular weight excluding hydrogens is 378 g/mol. The van der Waals surface area contributed by atoms with Crippen molar-refractivity contribution in [1.29, 1.82) is 0 Å². The Kier molecular flexibility index (Phi) is 3.84. The van der Waals surface area contributed by atoms with Crippen LogP contribution in [0.25, 0.3) is 0 Å². The first-order valence-electron chi connectivity index (χ1n) is 9.90. The molecule has 6 heteroatoms. The first-order valence-corrected chi connectivity index (χ1v) is 9.90. The summed E-state index contributed by atoms with van der Waals surface area (Å²) < 4.78 is 2.50. The van der Waals surface area contributed by atoms with Gasteiger partial charge in [-0.2, -0.15) is 0 Å². The standard InChI is InChI=1S/C24H21N3O3/c1-12-9-13(2)11-14(10-12)17-18-20(15-7-5-6-8-16(15)21(18)28)25-22-19(17)23(29)27(4)24(30)26(22)3/h5-11,17-18H,1-4H3/t17-,18-/m1/s1. The molecule has 2 atom stereocenters. The Bertz CT molecular complexity index is 1390. The second-order valence-corrected chi connectivity index (χ2v) is 8.23. The monoisotopic (exact) mass is 399 g/mol. The smallest absolute Gasteiger partial charge is 0.293 e. The number of Topliss-reactive ketones (excluding diaryl/α,β-unsaturated/α-hetero) is 1. The molecule has 0 radical (unpaired) electrons. The number of ketones is 1. The lowest BCUT2D eigenvalue weighted by Crippen LogP contribution is -2.43. The van der Waals surface area contributed by atoms with Crippen LogP contribution in [0.4, 0.5) is 5.82 Å². The first kappa shape index (κ1) is 18.5. The van der Waals surface area contributed by atoms with E-state index in [1.165, 1.54) is 11.6 Å². The Labute approximate surface area is 173 Å². The summed E-state index contributed by atoms with van der Waals surface area (Å²) in [4.78, 5) is 44.1. The van der Waals surface area contributed by atoms with E-state index in [1.54, 1.807) is 13.1 Å². The van der Waals surface area contributed by atoms with E-state index in [1.807, 2.05) is 44.2 Å². The Morgan fingerprint density at radius 2 is 1.47 bits per heavy atom. The third-order valence-corrected chi connectivity index (χ3v) is 6.19. The number of aliphatic imine (C=N–C) groups is 1. The fraction of sp³-hybridized carbons (Fsp3) is 0.250. The Hall–Kier alpha value is -3.54. The van der Waals surface area contributed by atoms with E-state index in [-0.39, 0.29) is 5.78 Å². The van der Waals surface area contributed by atoms with Crippen LogP contribution in [0, 0.1) is 19.8 Å². The minimum Gasteiger partial charge on any atom is -0.293 e. The zero-order valence-electron chi connectivity index (χ0n) is 17.3. The molecule has 0 unspecified atom stereocenters. The molecule has 0 saturated carbocycles. The fourth-order valence-electron chi connectivity index (χ4n) is 4.92. The molecule has 2 aromatic carbocycles. The molecular formula is C24H21N3O3. The minimum absolute atomic E-state index is 0.0323. The second kappa shape index (κ2) is 6.23. The lowest BCUT2D eigenvalue weighted by molar-refractivity contribution is 0.0953. The van der Waals surface area contributed by atoms with Crippen LogP contribution < -0.4 is 11.2 Å². The predicted octanol–water partition coefficient (Wildman–Crippen LogP) is 2.78. The van der Waals surface area contributed by atoms with Gasteiger partial charge < -0.3 is 0 Å². The highest BCUT2D eigenvalue weighted by Gasteiger charge is 2.47. The Balaban J connectivity index is 1.92. The quantitative estimate of drug-likeness (QED) is 0.632. The van der Waals surface area contributed by atoms with E-state index in [4.69, 9.17) is 4.99 Å². The highest BCUT2D eigenvalue weighted by Crippen LogP contribution is 2.46. The summed E-state index contributed by atoms with van der Waals surface area (Å²) >= 11 is 0. The van der Waals surface area contributed by atoms with Gasteiger partial charge in [0.05, 0.1) is 17.2 Å². The highest BCUT2D eigenvalue weighted by atomic mass is 16.2. The van der Waals surface area contributed by atoms with Gasteiger partial charge in [-0.05, 0) is 19.4 Å². The molecule has 0 N–H and O–H groups in total. The summed E-state index contributed by atoms with van der Waals surface area (Å²) in [7, 11) is 3.08. The number of hydrogen-bond donors (Lipinski definition) is 0. The summed E-state index contributed by atoms with van der Waals surface area (Å²) in [6, 6.07) is 13.5. The molecule has 6 nitrogen and oxygen atoms in total. The van der Waals surface area contributed by atoms with Crippen molar-refractivity contribution in [2.24, 2.45) is 25.0 Å². The summed E-state index contributed by atoms with van der Waals surface area (Å²) in [6.45, 7) is 4.00. The number of rotatable bonds is 1. The Morgan fingerprint density at radius 3 is 2.13 bits per heavy atom. The molecule has 0 saturated heterocycles. The van der Waals surface area contributed by atoms with Gasteiger partial charge in [0.1, 0.15) is 5.82 Å². The van der Waals surface area contributed by atoms with Gasteiger partial charge in [0, 0.05) is 31.1 Å². The average molecular weight is 399 g/mol. The fourth-order valence-corrected chi connectivity index (χ4v) is 4.92. The van der Waals surface area contributed by atoms with Crippen LogP contribution in [0.15, 0.2) is 57.0 Å². The molecule has 0 spiro atoms. The summed E-state index contributed by atoms with van der Waals surface area (Å²) in [5.41, 5.74) is 4.60. The lowest BCUT2D eigenvalue weighted by atomic mass is 9.76. The molecule has 0 amide bonds. The van der Waals surface area contributed by atoms with E-state index in [2.05, 4.69) is 6.07 Å². The van der Waals surface area contributed by atoms with Crippen molar-refractivity contribution in [2.75, 3.05) is 0 Å². The van der Waals surface area contributed by atoms with Crippen LogP contribution in [-0.2, 0) is 14.1 Å². The molecule has 150 valence electrons. The third kappa shape index (κ3) is 2.36. The molecule has 1 aliphatic heterocycles. The van der Waals surface area contributed by atoms with Crippen molar-refractivity contribution >= 4 is 17.3 Å². The van der Waals surface area contributed by atoms with E-state index >= 15 is 0 Å². The van der Waals surface area contributed by atoms with Crippen LogP contribution in [0.5, 0.6) is 0 Å². The molecule has 0 fully saturated rings. The number of aryl methyl sites for hydroxylation is 2. The largest absolute Gasteiger partial charge is 0.332 e. The third-order valence-electron chi connectivity index (χ3n) is 6.19. The van der Waals surface area contributed by atoms with Gasteiger partial charge in [0.2, 0.25) is 0 Å². The van der Waals surface area contributed by atoms with Crippen LogP contribution in [0.1, 0.15) is 44.1 Å². The number of hydrogen-bond acceptors (Lipinski definition) is 4. The molecule has 1 aliphatic carbocycles. The SMILES string of the molecule is Cc1cc(C)cc([C@H]2c3c(n(C)c(=O)n(C)c3=O)N=C3c4ccccc4C(=O)[C@@H]32)c1. The van der Waals surface area contributed by atoms with E-state index < -0.39 is 23.1 Å². The van der Waals surface area contributed by atoms with Crippen LogP contribution in [0.3, 0.4) is 0 Å². The normalized spacial score (nSPS) is 19.2. The molecule has 2 aliphatic rings. The topological polar surface area (TPSA) is 73.4 Å². The van der Waals surface area contributed by atoms with Crippen LogP contribution >= 0.6 is 0 Å². The van der Waals surface area contributed by atoms with Crippen molar-refractivity contribution in [3.8, 4) is 0 Å². The number of benzene rings is 2. The van der Waals surface area contributed by atoms with Gasteiger partial charge in [0.25, 0.3) is 5.56 Å². The van der Waals surface area contributed by atoms with E-state index in [0.717, 1.165) is 26.8 Å². The summed E-state index contributed by atoms with van der Waals surface area (Å²) in [5, 5.41) is 0. The van der Waals surface area contributed by atoms with Crippen molar-refractivity contribution in [3.05, 3.63) is 96.7 Å². The van der Waals surface area contributed by atoms with Crippen molar-refractivity contribution in [2.45, 2.75) is 19.8 Å². The Morgan fingerprint density at radius 1 is 0.833 bits per heavy atom. The molecule has 3 aromatic rings. The van der Waals surface area contributed by atoms with Crippen LogP contribution in [0.2, 0.25) is 0 Å². The number of carbonyl (C=O) groups is 1. The summed E-state index contributed by atoms with van der Waals surface area (Å²) in [6.07, 6.45) is 0. The van der Waals surface area contributed by atoms with Gasteiger partial charge >= 0.3 is 5.69 Å². The maximum Gasteiger partial charge on any atom is 0.332 e. The van der Waals surface area contributed by atoms with Crippen molar-refractivity contribution in [1.82, 2.24) is 9.13 Å². The first-order chi connectivity index (χ1) is 14.3. The van der Waals surface area contributed by atoms with Gasteiger partial charge in [-0.1, -0.05) is 53.6 Å². The molecule has 30 heavy (non-hydrogen) atoms. The highest BCUT2D eigenvalue weighted by molar-refractivity contribution is 6.30. The summed E-state index contributed by atoms with van der Waals surface area (Å²) in [5.74, 6) is -0.782. The zero-order valence-corrected chi connectivity index (χ0v) is 17.3. The maximum atomic E-state index is 13.5. The molecule has 2 heterocycles.